The summed E-state index contributed by atoms with van der Waals surface area (Å²) in [6, 6.07) is 8.31. The number of benzene rings is 1. The molecule has 1 rings (SSSR count). The normalized spacial score (nSPS) is 6.31. The van der Waals surface area contributed by atoms with E-state index in [4.69, 9.17) is 10.2 Å². The van der Waals surface area contributed by atoms with E-state index in [2.05, 4.69) is 42.9 Å². The van der Waals surface area contributed by atoms with Crippen LogP contribution in [0.25, 0.3) is 0 Å². The van der Waals surface area contributed by atoms with Gasteiger partial charge in [-0.1, -0.05) is 38.0 Å². The molecule has 0 aliphatic carbocycles. The van der Waals surface area contributed by atoms with E-state index in [1.807, 2.05) is 20.9 Å². The summed E-state index contributed by atoms with van der Waals surface area (Å²) in [5, 5.41) is 17.2. The summed E-state index contributed by atoms with van der Waals surface area (Å²) in [4.78, 5) is 0. The summed E-state index contributed by atoms with van der Waals surface area (Å²) in [5.74, 6) is 0. The van der Waals surface area contributed by atoms with Crippen LogP contribution in [0.2, 0.25) is 0 Å². The molecule has 0 fully saturated rings. The van der Waals surface area contributed by atoms with Gasteiger partial charge < -0.3 is 15.5 Å². The van der Waals surface area contributed by atoms with Gasteiger partial charge in [-0.25, -0.2) is 0 Å². The third-order valence-corrected chi connectivity index (χ3v) is 1.34. The van der Waals surface area contributed by atoms with Crippen LogP contribution in [0.4, 0.5) is 5.69 Å². The highest BCUT2D eigenvalue weighted by Crippen LogP contribution is 2.06. The van der Waals surface area contributed by atoms with Gasteiger partial charge in [-0.2, -0.15) is 0 Å². The summed E-state index contributed by atoms with van der Waals surface area (Å²) in [7, 11) is 2.92. The van der Waals surface area contributed by atoms with Gasteiger partial charge in [0.2, 0.25) is 0 Å². The van der Waals surface area contributed by atoms with Crippen molar-refractivity contribution < 1.29 is 10.2 Å². The fourth-order valence-electron chi connectivity index (χ4n) is 0.720. The molecule has 0 bridgehead atoms. The molecule has 0 spiro atoms. The number of aliphatic hydroxyl groups is 2. The zero-order chi connectivity index (χ0) is 13.4. The van der Waals surface area contributed by atoms with E-state index in [9.17, 15) is 0 Å². The molecular formula is C13H23NO2. The van der Waals surface area contributed by atoms with Gasteiger partial charge in [0, 0.05) is 19.8 Å². The average molecular weight is 225 g/mol. The third kappa shape index (κ3) is 14.8. The van der Waals surface area contributed by atoms with Gasteiger partial charge in [-0.3, -0.25) is 0 Å². The van der Waals surface area contributed by atoms with Crippen LogP contribution in [0, 0.1) is 19.5 Å². The molecule has 0 heterocycles. The highest BCUT2D eigenvalue weighted by atomic mass is 16.2. The molecule has 92 valence electrons. The van der Waals surface area contributed by atoms with Crippen molar-refractivity contribution in [2.45, 2.75) is 20.8 Å². The second kappa shape index (κ2) is 19.0. The molecule has 0 aliphatic rings. The van der Waals surface area contributed by atoms with Crippen molar-refractivity contribution in [2.75, 3.05) is 19.5 Å². The van der Waals surface area contributed by atoms with Gasteiger partial charge >= 0.3 is 0 Å². The van der Waals surface area contributed by atoms with Gasteiger partial charge in [0.1, 0.15) is 6.11 Å². The van der Waals surface area contributed by atoms with Crippen LogP contribution in [0.3, 0.4) is 0 Å². The standard InChI is InChI=1S/C8H11N.C2H2O.C2H6.CH4O/c1-7-3-5-8(9-2)6-4-7;1-2-3;2*1-2/h3-6,9H,1-2H3;1,3H;1-2H3;2H,1H3. The fraction of sp³-hybridized carbons (Fsp3) is 0.385. The minimum absolute atomic E-state index is 1.00. The van der Waals surface area contributed by atoms with Crippen molar-refractivity contribution >= 4 is 5.69 Å². The molecule has 3 heteroatoms. The maximum atomic E-state index is 7.10. The van der Waals surface area contributed by atoms with Crippen molar-refractivity contribution in [1.29, 1.82) is 0 Å². The first-order valence-corrected chi connectivity index (χ1v) is 5.03. The zero-order valence-electron chi connectivity index (χ0n) is 10.8. The molecule has 0 atom stereocenters. The van der Waals surface area contributed by atoms with E-state index < -0.39 is 0 Å². The fourth-order valence-corrected chi connectivity index (χ4v) is 0.720. The predicted octanol–water partition coefficient (Wildman–Crippen LogP) is 2.62. The first kappa shape index (κ1) is 19.8. The Morgan fingerprint density at radius 2 is 1.44 bits per heavy atom. The van der Waals surface area contributed by atoms with Gasteiger partial charge in [0.15, 0.2) is 0 Å². The number of anilines is 1. The highest BCUT2D eigenvalue weighted by molar-refractivity contribution is 5.43. The summed E-state index contributed by atoms with van der Waals surface area (Å²) in [5.41, 5.74) is 2.47. The number of hydrogen-bond donors (Lipinski definition) is 3. The SMILES string of the molecule is C#CO.CC.CNc1ccc(C)cc1.CO. The quantitative estimate of drug-likeness (QED) is 0.644. The van der Waals surface area contributed by atoms with Crippen LogP contribution in [0.5, 0.6) is 0 Å². The minimum atomic E-state index is 1.00. The molecule has 1 aromatic carbocycles. The molecule has 0 aromatic heterocycles. The Labute approximate surface area is 99.1 Å². The number of rotatable bonds is 1. The molecular weight excluding hydrogens is 202 g/mol. The maximum absolute atomic E-state index is 7.10. The summed E-state index contributed by atoms with van der Waals surface area (Å²) in [6.45, 7) is 6.08. The number of nitrogens with one attached hydrogen (secondary N) is 1. The first-order valence-electron chi connectivity index (χ1n) is 5.03. The Bertz CT molecular complexity index is 250. The summed E-state index contributed by atoms with van der Waals surface area (Å²) < 4.78 is 0. The monoisotopic (exact) mass is 225 g/mol. The average Bonchev–Trinajstić information content (AvgIpc) is 2.36. The lowest BCUT2D eigenvalue weighted by Gasteiger charge is -1.97. The van der Waals surface area contributed by atoms with Crippen molar-refractivity contribution in [3.8, 4) is 12.5 Å². The predicted molar refractivity (Wildman–Crippen MR) is 71.0 cm³/mol. The van der Waals surface area contributed by atoms with Crippen LogP contribution in [0.1, 0.15) is 19.4 Å². The topological polar surface area (TPSA) is 52.5 Å². The van der Waals surface area contributed by atoms with Crippen molar-refractivity contribution in [1.82, 2.24) is 0 Å². The molecule has 1 aromatic rings. The number of hydrogen-bond acceptors (Lipinski definition) is 3. The minimum Gasteiger partial charge on any atom is -0.462 e. The molecule has 3 nitrogen and oxygen atoms in total. The van der Waals surface area contributed by atoms with E-state index in [1.54, 1.807) is 0 Å². The molecule has 0 saturated heterocycles. The lowest BCUT2D eigenvalue weighted by molar-refractivity contribution is 0.399. The molecule has 0 amide bonds. The van der Waals surface area contributed by atoms with Crippen molar-refractivity contribution in [3.63, 3.8) is 0 Å². The molecule has 0 aliphatic heterocycles. The van der Waals surface area contributed by atoms with Crippen LogP contribution >= 0.6 is 0 Å². The van der Waals surface area contributed by atoms with Crippen LogP contribution in [-0.4, -0.2) is 24.4 Å². The highest BCUT2D eigenvalue weighted by Gasteiger charge is 1.83. The maximum Gasteiger partial charge on any atom is 0.103 e. The molecule has 3 N–H and O–H groups in total. The summed E-state index contributed by atoms with van der Waals surface area (Å²) in [6.07, 6.45) is 5.40. The number of terminal acetylenes is 1. The van der Waals surface area contributed by atoms with Crippen molar-refractivity contribution in [2.24, 2.45) is 0 Å². The van der Waals surface area contributed by atoms with E-state index in [1.165, 1.54) is 17.4 Å². The number of aliphatic hydroxyl groups excluding tert-OH is 2. The molecule has 0 saturated carbocycles. The Balaban J connectivity index is -0.000000206. The van der Waals surface area contributed by atoms with Gasteiger partial charge in [-0.15, -0.1) is 0 Å². The number of aryl methyl sites for hydroxylation is 1. The largest absolute Gasteiger partial charge is 0.462 e. The zero-order valence-corrected chi connectivity index (χ0v) is 10.8. The van der Waals surface area contributed by atoms with Crippen LogP contribution in [0.15, 0.2) is 24.3 Å². The second-order valence-corrected chi connectivity index (χ2v) is 2.25. The Kier molecular flexibility index (Phi) is 23.6. The van der Waals surface area contributed by atoms with Crippen LogP contribution in [-0.2, 0) is 0 Å². The van der Waals surface area contributed by atoms with E-state index in [0.717, 1.165) is 7.11 Å². The van der Waals surface area contributed by atoms with E-state index in [-0.39, 0.29) is 0 Å². The van der Waals surface area contributed by atoms with E-state index >= 15 is 0 Å². The Hall–Kier alpha value is -1.66. The third-order valence-electron chi connectivity index (χ3n) is 1.34. The van der Waals surface area contributed by atoms with Gasteiger partial charge in [0.25, 0.3) is 0 Å². The lowest BCUT2D eigenvalue weighted by atomic mass is 10.2. The smallest absolute Gasteiger partial charge is 0.103 e. The lowest BCUT2D eigenvalue weighted by Crippen LogP contribution is -1.85. The van der Waals surface area contributed by atoms with E-state index in [0.29, 0.717) is 0 Å². The van der Waals surface area contributed by atoms with Crippen molar-refractivity contribution in [3.05, 3.63) is 29.8 Å². The second-order valence-electron chi connectivity index (χ2n) is 2.25. The molecule has 16 heavy (non-hydrogen) atoms. The van der Waals surface area contributed by atoms with Gasteiger partial charge in [0.05, 0.1) is 0 Å². The summed E-state index contributed by atoms with van der Waals surface area (Å²) >= 11 is 0. The van der Waals surface area contributed by atoms with Gasteiger partial charge in [-0.05, 0) is 19.1 Å². The Morgan fingerprint density at radius 1 is 1.12 bits per heavy atom. The Morgan fingerprint density at radius 3 is 1.69 bits per heavy atom. The molecule has 0 radical (unpaired) electrons. The molecule has 0 unspecified atom stereocenters. The first-order chi connectivity index (χ1) is 7.74. The van der Waals surface area contributed by atoms with Crippen LogP contribution < -0.4 is 5.32 Å².